The van der Waals surface area contributed by atoms with Crippen molar-refractivity contribution in [1.29, 1.82) is 0 Å². The van der Waals surface area contributed by atoms with Crippen molar-refractivity contribution in [3.8, 4) is 0 Å². The molecule has 1 amide bonds. The zero-order valence-electron chi connectivity index (χ0n) is 17.2. The molecule has 5 nitrogen and oxygen atoms in total. The molecule has 1 saturated heterocycles. The first-order valence-corrected chi connectivity index (χ1v) is 11.5. The van der Waals surface area contributed by atoms with Gasteiger partial charge in [-0.2, -0.15) is 0 Å². The van der Waals surface area contributed by atoms with Gasteiger partial charge in [0, 0.05) is 28.7 Å². The second-order valence-electron chi connectivity index (χ2n) is 7.61. The van der Waals surface area contributed by atoms with Gasteiger partial charge in [-0.1, -0.05) is 36.7 Å². The van der Waals surface area contributed by atoms with Crippen LogP contribution in [0.4, 0.5) is 5.13 Å². The molecule has 3 heterocycles. The zero-order valence-corrected chi connectivity index (χ0v) is 18.8. The first kappa shape index (κ1) is 21.0. The topological polar surface area (TPSA) is 58.1 Å². The summed E-state index contributed by atoms with van der Waals surface area (Å²) in [5.41, 5.74) is 4.82. The highest BCUT2D eigenvalue weighted by molar-refractivity contribution is 7.14. The third kappa shape index (κ3) is 4.72. The van der Waals surface area contributed by atoms with E-state index >= 15 is 0 Å². The van der Waals surface area contributed by atoms with Gasteiger partial charge in [-0.25, -0.2) is 9.97 Å². The fraction of sp³-hybridized carbons (Fsp3) is 0.348. The SMILES string of the molecule is CCc1ccc(C(=O)Nc2nc([C@H]3CCCN3Cc3ccc(C)nc3Cl)cs2)cc1. The molecule has 0 radical (unpaired) electrons. The molecular weight excluding hydrogens is 416 g/mol. The Kier molecular flexibility index (Phi) is 6.46. The van der Waals surface area contributed by atoms with E-state index in [4.69, 9.17) is 16.6 Å². The summed E-state index contributed by atoms with van der Waals surface area (Å²) in [5.74, 6) is -0.126. The molecule has 0 spiro atoms. The smallest absolute Gasteiger partial charge is 0.257 e. The molecule has 1 aromatic carbocycles. The third-order valence-corrected chi connectivity index (χ3v) is 6.61. The quantitative estimate of drug-likeness (QED) is 0.503. The van der Waals surface area contributed by atoms with E-state index in [-0.39, 0.29) is 11.9 Å². The van der Waals surface area contributed by atoms with Crippen LogP contribution in [0.1, 0.15) is 58.7 Å². The van der Waals surface area contributed by atoms with Crippen molar-refractivity contribution in [3.63, 3.8) is 0 Å². The number of rotatable bonds is 6. The Morgan fingerprint density at radius 2 is 2.03 bits per heavy atom. The second-order valence-corrected chi connectivity index (χ2v) is 8.83. The number of aromatic nitrogens is 2. The van der Waals surface area contributed by atoms with Crippen molar-refractivity contribution >= 4 is 34.0 Å². The van der Waals surface area contributed by atoms with Crippen molar-refractivity contribution in [2.75, 3.05) is 11.9 Å². The van der Waals surface area contributed by atoms with E-state index in [1.165, 1.54) is 16.9 Å². The number of thiazole rings is 1. The minimum atomic E-state index is -0.126. The van der Waals surface area contributed by atoms with Crippen LogP contribution in [-0.2, 0) is 13.0 Å². The van der Waals surface area contributed by atoms with Gasteiger partial charge in [0.15, 0.2) is 5.13 Å². The van der Waals surface area contributed by atoms with Crippen molar-refractivity contribution in [2.24, 2.45) is 0 Å². The summed E-state index contributed by atoms with van der Waals surface area (Å²) >= 11 is 7.81. The van der Waals surface area contributed by atoms with Gasteiger partial charge in [0.05, 0.1) is 11.7 Å². The van der Waals surface area contributed by atoms with Gasteiger partial charge in [0.1, 0.15) is 5.15 Å². The number of hydrogen-bond donors (Lipinski definition) is 1. The van der Waals surface area contributed by atoms with E-state index in [0.717, 1.165) is 49.3 Å². The largest absolute Gasteiger partial charge is 0.298 e. The normalized spacial score (nSPS) is 16.7. The van der Waals surface area contributed by atoms with E-state index in [1.54, 1.807) is 0 Å². The van der Waals surface area contributed by atoms with Crippen molar-refractivity contribution < 1.29 is 4.79 Å². The summed E-state index contributed by atoms with van der Waals surface area (Å²) in [7, 11) is 0. The molecule has 1 atom stereocenters. The van der Waals surface area contributed by atoms with Crippen molar-refractivity contribution in [2.45, 2.75) is 45.7 Å². The number of benzene rings is 1. The lowest BCUT2D eigenvalue weighted by molar-refractivity contribution is 0.102. The summed E-state index contributed by atoms with van der Waals surface area (Å²) in [6.07, 6.45) is 3.12. The average molecular weight is 441 g/mol. The summed E-state index contributed by atoms with van der Waals surface area (Å²) in [4.78, 5) is 24.0. The molecule has 0 bridgehead atoms. The number of halogens is 1. The van der Waals surface area contributed by atoms with Gasteiger partial charge in [0.2, 0.25) is 0 Å². The molecule has 7 heteroatoms. The fourth-order valence-corrected chi connectivity index (χ4v) is 4.81. The Morgan fingerprint density at radius 1 is 1.23 bits per heavy atom. The monoisotopic (exact) mass is 440 g/mol. The van der Waals surface area contributed by atoms with E-state index < -0.39 is 0 Å². The summed E-state index contributed by atoms with van der Waals surface area (Å²) in [6, 6.07) is 12.0. The van der Waals surface area contributed by atoms with Crippen LogP contribution in [-0.4, -0.2) is 27.3 Å². The molecule has 3 aromatic rings. The number of likely N-dealkylation sites (tertiary alicyclic amines) is 1. The summed E-state index contributed by atoms with van der Waals surface area (Å²) < 4.78 is 0. The minimum absolute atomic E-state index is 0.126. The molecule has 30 heavy (non-hydrogen) atoms. The van der Waals surface area contributed by atoms with Gasteiger partial charge >= 0.3 is 0 Å². The van der Waals surface area contributed by atoms with Crippen LogP contribution in [0, 0.1) is 6.92 Å². The first-order chi connectivity index (χ1) is 14.5. The number of anilines is 1. The maximum atomic E-state index is 12.5. The Hall–Kier alpha value is -2.28. The zero-order chi connectivity index (χ0) is 21.1. The first-order valence-electron chi connectivity index (χ1n) is 10.2. The maximum absolute atomic E-state index is 12.5. The lowest BCUT2D eigenvalue weighted by Crippen LogP contribution is -2.23. The maximum Gasteiger partial charge on any atom is 0.257 e. The molecule has 1 aliphatic heterocycles. The second kappa shape index (κ2) is 9.25. The Balaban J connectivity index is 1.43. The van der Waals surface area contributed by atoms with Crippen molar-refractivity contribution in [1.82, 2.24) is 14.9 Å². The number of hydrogen-bond acceptors (Lipinski definition) is 5. The predicted octanol–water partition coefficient (Wildman–Crippen LogP) is 5.65. The number of nitrogens with one attached hydrogen (secondary N) is 1. The average Bonchev–Trinajstić information content (AvgIpc) is 3.39. The lowest BCUT2D eigenvalue weighted by atomic mass is 10.1. The number of nitrogens with zero attached hydrogens (tertiary/aromatic N) is 3. The van der Waals surface area contributed by atoms with Gasteiger partial charge in [0.25, 0.3) is 5.91 Å². The molecule has 0 saturated carbocycles. The van der Waals surface area contributed by atoms with E-state index in [1.807, 2.05) is 42.6 Å². The highest BCUT2D eigenvalue weighted by Crippen LogP contribution is 2.35. The van der Waals surface area contributed by atoms with Crippen LogP contribution in [0.2, 0.25) is 5.15 Å². The predicted molar refractivity (Wildman–Crippen MR) is 122 cm³/mol. The molecule has 2 aromatic heterocycles. The molecule has 1 fully saturated rings. The number of pyridine rings is 1. The number of carbonyl (C=O) groups is 1. The molecular formula is C23H25ClN4OS. The number of carbonyl (C=O) groups excluding carboxylic acids is 1. The molecule has 0 aliphatic carbocycles. The standard InChI is InChI=1S/C23H25ClN4OS/c1-3-16-7-10-17(11-8-16)22(29)27-23-26-19(14-30-23)20-5-4-12-28(20)13-18-9-6-15(2)25-21(18)24/h6-11,14,20H,3-5,12-13H2,1-2H3,(H,26,27,29)/t20-/m1/s1. The summed E-state index contributed by atoms with van der Waals surface area (Å²) in [6.45, 7) is 5.79. The fourth-order valence-electron chi connectivity index (χ4n) is 3.80. The third-order valence-electron chi connectivity index (χ3n) is 5.51. The van der Waals surface area contributed by atoms with E-state index in [9.17, 15) is 4.79 Å². The van der Waals surface area contributed by atoms with Crippen molar-refractivity contribution in [3.05, 3.63) is 75.0 Å². The molecule has 1 N–H and O–H groups in total. The summed E-state index contributed by atoms with van der Waals surface area (Å²) in [5, 5.41) is 6.19. The van der Waals surface area contributed by atoms with Gasteiger partial charge in [-0.3, -0.25) is 15.0 Å². The lowest BCUT2D eigenvalue weighted by Gasteiger charge is -2.23. The van der Waals surface area contributed by atoms with E-state index in [2.05, 4.69) is 28.2 Å². The molecule has 156 valence electrons. The highest BCUT2D eigenvalue weighted by atomic mass is 35.5. The van der Waals surface area contributed by atoms with Crippen LogP contribution in [0.3, 0.4) is 0 Å². The van der Waals surface area contributed by atoms with Crippen LogP contribution >= 0.6 is 22.9 Å². The Morgan fingerprint density at radius 3 is 2.77 bits per heavy atom. The molecule has 4 rings (SSSR count). The Bertz CT molecular complexity index is 1030. The van der Waals surface area contributed by atoms with E-state index in [0.29, 0.717) is 15.8 Å². The molecule has 1 aliphatic rings. The molecule has 0 unspecified atom stereocenters. The van der Waals surface area contributed by atoms with Crippen LogP contribution < -0.4 is 5.32 Å². The Labute approximate surface area is 186 Å². The van der Waals surface area contributed by atoms with Gasteiger partial charge in [-0.05, 0) is 56.5 Å². The van der Waals surface area contributed by atoms with Gasteiger partial charge < -0.3 is 0 Å². The number of aryl methyl sites for hydroxylation is 2. The van der Waals surface area contributed by atoms with Crippen LogP contribution in [0.25, 0.3) is 0 Å². The van der Waals surface area contributed by atoms with Crippen LogP contribution in [0.5, 0.6) is 0 Å². The highest BCUT2D eigenvalue weighted by Gasteiger charge is 2.28. The van der Waals surface area contributed by atoms with Crippen LogP contribution in [0.15, 0.2) is 41.8 Å². The minimum Gasteiger partial charge on any atom is -0.298 e. The van der Waals surface area contributed by atoms with Gasteiger partial charge in [-0.15, -0.1) is 11.3 Å². The number of amides is 1.